The molecule has 0 aliphatic heterocycles. The van der Waals surface area contributed by atoms with Gasteiger partial charge in [-0.3, -0.25) is 4.79 Å². The first-order valence-electron chi connectivity index (χ1n) is 9.82. The third kappa shape index (κ3) is 6.31. The number of carbonyl (C=O) groups is 1. The van der Waals surface area contributed by atoms with Crippen molar-refractivity contribution in [3.05, 3.63) is 64.7 Å². The van der Waals surface area contributed by atoms with Gasteiger partial charge in [0.2, 0.25) is 0 Å². The van der Waals surface area contributed by atoms with Gasteiger partial charge in [0, 0.05) is 5.02 Å². The van der Waals surface area contributed by atoms with E-state index < -0.39 is 26.5 Å². The van der Waals surface area contributed by atoms with E-state index in [1.807, 2.05) is 31.2 Å². The fraction of sp³-hybridized carbons (Fsp3) is 0.435. The highest BCUT2D eigenvalue weighted by molar-refractivity contribution is 7.92. The van der Waals surface area contributed by atoms with E-state index in [9.17, 15) is 18.3 Å². The van der Waals surface area contributed by atoms with Gasteiger partial charge in [-0.2, -0.15) is 0 Å². The van der Waals surface area contributed by atoms with Crippen molar-refractivity contribution >= 4 is 27.4 Å². The molecule has 0 bridgehead atoms. The van der Waals surface area contributed by atoms with Crippen LogP contribution in [0.1, 0.15) is 50.7 Å². The maximum atomic E-state index is 13.0. The van der Waals surface area contributed by atoms with Crippen molar-refractivity contribution in [2.45, 2.75) is 63.0 Å². The largest absolute Gasteiger partial charge is 0.480 e. The fourth-order valence-corrected chi connectivity index (χ4v) is 5.76. The lowest BCUT2D eigenvalue weighted by Crippen LogP contribution is -2.43. The first kappa shape index (κ1) is 23.4. The summed E-state index contributed by atoms with van der Waals surface area (Å²) in [4.78, 5) is 12.0. The Hall–Kier alpha value is -1.85. The number of benzene rings is 2. The van der Waals surface area contributed by atoms with Gasteiger partial charge in [-0.25, -0.2) is 8.42 Å². The Balaban J connectivity index is 2.00. The summed E-state index contributed by atoms with van der Waals surface area (Å²) in [5.41, 5.74) is 1.25. The predicted molar refractivity (Wildman–Crippen MR) is 117 cm³/mol. The lowest BCUT2D eigenvalue weighted by atomic mass is 9.83. The number of carboxylic acid groups (broad SMARTS) is 1. The van der Waals surface area contributed by atoms with Crippen LogP contribution in [-0.4, -0.2) is 24.7 Å². The molecule has 2 aromatic carbocycles. The topological polar surface area (TPSA) is 71.4 Å². The predicted octanol–water partition coefficient (Wildman–Crippen LogP) is 5.70. The van der Waals surface area contributed by atoms with E-state index in [2.05, 4.69) is 0 Å². The van der Waals surface area contributed by atoms with Crippen LogP contribution >= 0.6 is 11.6 Å². The molecule has 1 unspecified atom stereocenters. The molecule has 4 nitrogen and oxygen atoms in total. The summed E-state index contributed by atoms with van der Waals surface area (Å²) in [5.74, 6) is -1.29. The monoisotopic (exact) mass is 436 g/mol. The number of hydrogen-bond donors (Lipinski definition) is 1. The van der Waals surface area contributed by atoms with Crippen molar-refractivity contribution in [1.29, 1.82) is 0 Å². The van der Waals surface area contributed by atoms with Gasteiger partial charge in [0.05, 0.1) is 4.90 Å². The fourth-order valence-electron chi connectivity index (χ4n) is 3.62. The zero-order valence-electron chi connectivity index (χ0n) is 17.2. The first-order chi connectivity index (χ1) is 13.5. The summed E-state index contributed by atoms with van der Waals surface area (Å²) in [7, 11) is -3.98. The number of sulfone groups is 1. The maximum Gasteiger partial charge on any atom is 0.322 e. The van der Waals surface area contributed by atoms with Crippen molar-refractivity contribution in [2.24, 2.45) is 5.41 Å². The molecule has 0 amide bonds. The van der Waals surface area contributed by atoms with Crippen LogP contribution in [0.15, 0.2) is 53.4 Å². The molecule has 0 saturated carbocycles. The SMILES string of the molecule is Cc1ccc(S(=O)(=O)C(C(=O)O)C(C)(C)CCCCCc2ccc(Cl)cc2)cc1. The Labute approximate surface area is 178 Å². The van der Waals surface area contributed by atoms with Crippen molar-refractivity contribution in [1.82, 2.24) is 0 Å². The van der Waals surface area contributed by atoms with Gasteiger partial charge in [0.15, 0.2) is 15.1 Å². The number of aryl methyl sites for hydroxylation is 2. The van der Waals surface area contributed by atoms with Crippen molar-refractivity contribution < 1.29 is 18.3 Å². The Morgan fingerprint density at radius 2 is 1.59 bits per heavy atom. The minimum atomic E-state index is -3.98. The number of aliphatic carboxylic acids is 1. The van der Waals surface area contributed by atoms with Gasteiger partial charge < -0.3 is 5.11 Å². The van der Waals surface area contributed by atoms with Crippen LogP contribution in [0.2, 0.25) is 5.02 Å². The van der Waals surface area contributed by atoms with Crippen LogP contribution in [0.25, 0.3) is 0 Å². The summed E-state index contributed by atoms with van der Waals surface area (Å²) in [6.45, 7) is 5.33. The van der Waals surface area contributed by atoms with Crippen molar-refractivity contribution in [3.63, 3.8) is 0 Å². The summed E-state index contributed by atoms with van der Waals surface area (Å²) in [5, 5.41) is 8.98. The zero-order chi connectivity index (χ0) is 21.7. The molecule has 0 aliphatic carbocycles. The van der Waals surface area contributed by atoms with E-state index in [0.717, 1.165) is 31.2 Å². The summed E-state index contributed by atoms with van der Waals surface area (Å²) < 4.78 is 26.1. The minimum absolute atomic E-state index is 0.0614. The molecule has 0 saturated heterocycles. The average molecular weight is 437 g/mol. The molecule has 2 aromatic rings. The highest BCUT2D eigenvalue weighted by Gasteiger charge is 2.45. The van der Waals surface area contributed by atoms with E-state index >= 15 is 0 Å². The lowest BCUT2D eigenvalue weighted by molar-refractivity contribution is -0.138. The van der Waals surface area contributed by atoms with Crippen LogP contribution in [0.3, 0.4) is 0 Å². The summed E-state index contributed by atoms with van der Waals surface area (Å²) >= 11 is 5.89. The average Bonchev–Trinajstić information content (AvgIpc) is 2.62. The maximum absolute atomic E-state index is 13.0. The molecule has 2 rings (SSSR count). The second kappa shape index (κ2) is 9.77. The molecule has 0 spiro atoms. The van der Waals surface area contributed by atoms with Crippen LogP contribution in [0.5, 0.6) is 0 Å². The number of halogens is 1. The van der Waals surface area contributed by atoms with Gasteiger partial charge in [-0.15, -0.1) is 0 Å². The Kier molecular flexibility index (Phi) is 7.89. The van der Waals surface area contributed by atoms with E-state index in [0.29, 0.717) is 11.4 Å². The highest BCUT2D eigenvalue weighted by atomic mass is 35.5. The number of carboxylic acids is 1. The molecule has 1 atom stereocenters. The quantitative estimate of drug-likeness (QED) is 0.484. The van der Waals surface area contributed by atoms with Crippen molar-refractivity contribution in [3.8, 4) is 0 Å². The zero-order valence-corrected chi connectivity index (χ0v) is 18.8. The van der Waals surface area contributed by atoms with Crippen LogP contribution in [-0.2, 0) is 21.1 Å². The lowest BCUT2D eigenvalue weighted by Gasteiger charge is -2.31. The Morgan fingerprint density at radius 1 is 1.00 bits per heavy atom. The summed E-state index contributed by atoms with van der Waals surface area (Å²) in [6.07, 6.45) is 4.08. The number of rotatable bonds is 10. The summed E-state index contributed by atoms with van der Waals surface area (Å²) in [6, 6.07) is 14.1. The molecular formula is C23H29ClO4S. The third-order valence-corrected chi connectivity index (χ3v) is 7.94. The molecule has 1 N–H and O–H groups in total. The second-order valence-corrected chi connectivity index (χ2v) is 10.7. The van der Waals surface area contributed by atoms with Gasteiger partial charge in [0.1, 0.15) is 0 Å². The molecule has 158 valence electrons. The molecule has 0 aromatic heterocycles. The van der Waals surface area contributed by atoms with Gasteiger partial charge >= 0.3 is 5.97 Å². The Bertz CT molecular complexity index is 916. The van der Waals surface area contributed by atoms with Crippen LogP contribution < -0.4 is 0 Å². The van der Waals surface area contributed by atoms with Crippen LogP contribution in [0, 0.1) is 12.3 Å². The van der Waals surface area contributed by atoms with Crippen LogP contribution in [0.4, 0.5) is 0 Å². The van der Waals surface area contributed by atoms with E-state index in [4.69, 9.17) is 11.6 Å². The van der Waals surface area contributed by atoms with E-state index in [-0.39, 0.29) is 4.90 Å². The van der Waals surface area contributed by atoms with Gasteiger partial charge in [0.25, 0.3) is 0 Å². The smallest absolute Gasteiger partial charge is 0.322 e. The molecule has 0 fully saturated rings. The molecule has 29 heavy (non-hydrogen) atoms. The van der Waals surface area contributed by atoms with E-state index in [1.54, 1.807) is 26.0 Å². The number of hydrogen-bond acceptors (Lipinski definition) is 3. The minimum Gasteiger partial charge on any atom is -0.480 e. The Morgan fingerprint density at radius 3 is 2.14 bits per heavy atom. The van der Waals surface area contributed by atoms with Gasteiger partial charge in [-0.05, 0) is 61.4 Å². The first-order valence-corrected chi connectivity index (χ1v) is 11.7. The molecule has 0 radical (unpaired) electrons. The molecule has 0 heterocycles. The van der Waals surface area contributed by atoms with Gasteiger partial charge in [-0.1, -0.05) is 68.1 Å². The highest BCUT2D eigenvalue weighted by Crippen LogP contribution is 2.36. The number of unbranched alkanes of at least 4 members (excludes halogenated alkanes) is 2. The third-order valence-electron chi connectivity index (χ3n) is 5.29. The van der Waals surface area contributed by atoms with E-state index in [1.165, 1.54) is 17.7 Å². The van der Waals surface area contributed by atoms with Crippen molar-refractivity contribution in [2.75, 3.05) is 0 Å². The molecule has 6 heteroatoms. The normalized spacial score (nSPS) is 13.2. The molecule has 0 aliphatic rings. The standard InChI is InChI=1S/C23H29ClO4S/c1-17-8-14-20(15-9-17)29(27,28)21(22(25)26)23(2,3)16-6-4-5-7-18-10-12-19(24)13-11-18/h8-15,21H,4-7,16H2,1-3H3,(H,25,26). The molecular weight excluding hydrogens is 408 g/mol. The second-order valence-electron chi connectivity index (χ2n) is 8.25.